The summed E-state index contributed by atoms with van der Waals surface area (Å²) in [6, 6.07) is 4.85. The zero-order valence-corrected chi connectivity index (χ0v) is 13.5. The largest absolute Gasteiger partial charge is 0.494 e. The zero-order chi connectivity index (χ0) is 15.4. The number of nitrogens with zero attached hydrogens (tertiary/aromatic N) is 2. The Hall–Kier alpha value is -1.69. The lowest BCUT2D eigenvalue weighted by Crippen LogP contribution is -2.07. The Morgan fingerprint density at radius 2 is 2.05 bits per heavy atom. The Kier molecular flexibility index (Phi) is 5.12. The minimum Gasteiger partial charge on any atom is -0.494 e. The van der Waals surface area contributed by atoms with Crippen molar-refractivity contribution in [2.24, 2.45) is 5.92 Å². The van der Waals surface area contributed by atoms with Crippen molar-refractivity contribution in [3.63, 3.8) is 0 Å². The van der Waals surface area contributed by atoms with Gasteiger partial charge in [0.25, 0.3) is 0 Å². The fourth-order valence-corrected chi connectivity index (χ4v) is 3.00. The van der Waals surface area contributed by atoms with E-state index in [2.05, 4.69) is 29.4 Å². The molecule has 4 nitrogen and oxygen atoms in total. The Morgan fingerprint density at radius 1 is 1.29 bits per heavy atom. The fourth-order valence-electron chi connectivity index (χ4n) is 1.96. The van der Waals surface area contributed by atoms with E-state index >= 15 is 0 Å². The highest BCUT2D eigenvalue weighted by atomic mass is 32.1. The zero-order valence-electron chi connectivity index (χ0n) is 12.7. The molecule has 1 aromatic carbocycles. The number of nitrogens with one attached hydrogen (secondary N) is 1. The first-order chi connectivity index (χ1) is 9.99. The SMILES string of the molecule is COc1cc(C(C)Nc2nnc(CC(C)C)s2)ccc1F. The Morgan fingerprint density at radius 3 is 2.71 bits per heavy atom. The number of rotatable bonds is 6. The van der Waals surface area contributed by atoms with Crippen molar-refractivity contribution in [2.45, 2.75) is 33.2 Å². The van der Waals surface area contributed by atoms with E-state index in [0.29, 0.717) is 5.92 Å². The van der Waals surface area contributed by atoms with Crippen LogP contribution >= 0.6 is 11.3 Å². The van der Waals surface area contributed by atoms with E-state index in [1.54, 1.807) is 23.5 Å². The predicted octanol–water partition coefficient (Wildman–Crippen LogP) is 4.06. The van der Waals surface area contributed by atoms with Gasteiger partial charge in [0, 0.05) is 6.42 Å². The van der Waals surface area contributed by atoms with Gasteiger partial charge in [-0.15, -0.1) is 10.2 Å². The van der Waals surface area contributed by atoms with Crippen LogP contribution in [0.3, 0.4) is 0 Å². The smallest absolute Gasteiger partial charge is 0.206 e. The molecule has 0 spiro atoms. The predicted molar refractivity (Wildman–Crippen MR) is 83.4 cm³/mol. The lowest BCUT2D eigenvalue weighted by atomic mass is 10.1. The fraction of sp³-hybridized carbons (Fsp3) is 0.467. The number of hydrogen-bond donors (Lipinski definition) is 1. The molecule has 2 aromatic rings. The molecule has 1 atom stereocenters. The van der Waals surface area contributed by atoms with Crippen molar-refractivity contribution in [1.29, 1.82) is 0 Å². The molecule has 0 amide bonds. The van der Waals surface area contributed by atoms with Gasteiger partial charge in [0.1, 0.15) is 5.01 Å². The van der Waals surface area contributed by atoms with E-state index in [9.17, 15) is 4.39 Å². The molecule has 0 aliphatic carbocycles. The minimum absolute atomic E-state index is 0.000602. The van der Waals surface area contributed by atoms with Gasteiger partial charge in [0.05, 0.1) is 13.2 Å². The summed E-state index contributed by atoms with van der Waals surface area (Å²) in [6.07, 6.45) is 0.929. The second kappa shape index (κ2) is 6.85. The van der Waals surface area contributed by atoms with Crippen molar-refractivity contribution >= 4 is 16.5 Å². The number of methoxy groups -OCH3 is 1. The summed E-state index contributed by atoms with van der Waals surface area (Å²) in [5.41, 5.74) is 0.939. The molecule has 1 aromatic heterocycles. The lowest BCUT2D eigenvalue weighted by Gasteiger charge is -2.14. The second-order valence-electron chi connectivity index (χ2n) is 5.36. The van der Waals surface area contributed by atoms with Crippen LogP contribution in [0.2, 0.25) is 0 Å². The maximum absolute atomic E-state index is 13.4. The van der Waals surface area contributed by atoms with E-state index in [-0.39, 0.29) is 17.6 Å². The maximum Gasteiger partial charge on any atom is 0.206 e. The van der Waals surface area contributed by atoms with Gasteiger partial charge >= 0.3 is 0 Å². The minimum atomic E-state index is -0.358. The van der Waals surface area contributed by atoms with Gasteiger partial charge in [0.2, 0.25) is 5.13 Å². The number of benzene rings is 1. The van der Waals surface area contributed by atoms with Crippen molar-refractivity contribution in [3.8, 4) is 5.75 Å². The molecule has 6 heteroatoms. The molecule has 0 aliphatic heterocycles. The molecule has 0 bridgehead atoms. The number of halogens is 1. The molecule has 0 fully saturated rings. The van der Waals surface area contributed by atoms with Crippen LogP contribution in [0, 0.1) is 11.7 Å². The molecule has 21 heavy (non-hydrogen) atoms. The molecule has 2 rings (SSSR count). The first-order valence-corrected chi connectivity index (χ1v) is 7.73. The van der Waals surface area contributed by atoms with Crippen molar-refractivity contribution in [2.75, 3.05) is 12.4 Å². The molecule has 1 unspecified atom stereocenters. The summed E-state index contributed by atoms with van der Waals surface area (Å²) < 4.78 is 18.4. The molecule has 0 aliphatic rings. The quantitative estimate of drug-likeness (QED) is 0.874. The van der Waals surface area contributed by atoms with Gasteiger partial charge in [-0.3, -0.25) is 0 Å². The van der Waals surface area contributed by atoms with Crippen LogP contribution in [0.25, 0.3) is 0 Å². The third kappa shape index (κ3) is 4.14. The van der Waals surface area contributed by atoms with Crippen molar-refractivity contribution < 1.29 is 9.13 Å². The average molecular weight is 309 g/mol. The van der Waals surface area contributed by atoms with E-state index in [1.165, 1.54) is 13.2 Å². The average Bonchev–Trinajstić information content (AvgIpc) is 2.85. The first kappa shape index (κ1) is 15.7. The summed E-state index contributed by atoms with van der Waals surface area (Å²) in [6.45, 7) is 6.31. The van der Waals surface area contributed by atoms with Crippen LogP contribution in [0.4, 0.5) is 9.52 Å². The van der Waals surface area contributed by atoms with E-state index in [0.717, 1.165) is 22.1 Å². The standard InChI is InChI=1S/C15H20FN3OS/c1-9(2)7-14-18-19-15(21-14)17-10(3)11-5-6-12(16)13(8-11)20-4/h5-6,8-10H,7H2,1-4H3,(H,17,19). The highest BCUT2D eigenvalue weighted by molar-refractivity contribution is 7.15. The number of hydrogen-bond acceptors (Lipinski definition) is 5. The molecular weight excluding hydrogens is 289 g/mol. The highest BCUT2D eigenvalue weighted by Crippen LogP contribution is 2.26. The van der Waals surface area contributed by atoms with E-state index < -0.39 is 0 Å². The van der Waals surface area contributed by atoms with Crippen molar-refractivity contribution in [1.82, 2.24) is 10.2 Å². The van der Waals surface area contributed by atoms with Crippen LogP contribution in [-0.4, -0.2) is 17.3 Å². The lowest BCUT2D eigenvalue weighted by molar-refractivity contribution is 0.385. The molecule has 1 heterocycles. The Balaban J connectivity index is 2.07. The van der Waals surface area contributed by atoms with Crippen LogP contribution in [0.15, 0.2) is 18.2 Å². The molecular formula is C15H20FN3OS. The Labute approximate surface area is 128 Å². The monoisotopic (exact) mass is 309 g/mol. The molecule has 114 valence electrons. The Bertz CT molecular complexity index is 600. The number of ether oxygens (including phenoxy) is 1. The molecule has 1 N–H and O–H groups in total. The number of anilines is 1. The molecule has 0 radical (unpaired) electrons. The molecule has 0 saturated carbocycles. The van der Waals surface area contributed by atoms with Gasteiger partial charge in [-0.2, -0.15) is 0 Å². The normalized spacial score (nSPS) is 12.5. The highest BCUT2D eigenvalue weighted by Gasteiger charge is 2.12. The summed E-state index contributed by atoms with van der Waals surface area (Å²) >= 11 is 1.56. The first-order valence-electron chi connectivity index (χ1n) is 6.92. The number of aromatic nitrogens is 2. The van der Waals surface area contributed by atoms with E-state index in [1.807, 2.05) is 6.92 Å². The molecule has 0 saturated heterocycles. The van der Waals surface area contributed by atoms with Gasteiger partial charge < -0.3 is 10.1 Å². The third-order valence-electron chi connectivity index (χ3n) is 3.06. The van der Waals surface area contributed by atoms with Gasteiger partial charge in [-0.1, -0.05) is 31.3 Å². The topological polar surface area (TPSA) is 47.0 Å². The second-order valence-corrected chi connectivity index (χ2v) is 6.42. The van der Waals surface area contributed by atoms with Gasteiger partial charge in [-0.25, -0.2) is 4.39 Å². The summed E-state index contributed by atoms with van der Waals surface area (Å²) in [5.74, 6) is 0.451. The summed E-state index contributed by atoms with van der Waals surface area (Å²) in [7, 11) is 1.46. The van der Waals surface area contributed by atoms with Crippen molar-refractivity contribution in [3.05, 3.63) is 34.6 Å². The van der Waals surface area contributed by atoms with Crippen LogP contribution in [0.1, 0.15) is 37.4 Å². The van der Waals surface area contributed by atoms with Gasteiger partial charge in [0.15, 0.2) is 11.6 Å². The summed E-state index contributed by atoms with van der Waals surface area (Å²) in [4.78, 5) is 0. The third-order valence-corrected chi connectivity index (χ3v) is 3.94. The van der Waals surface area contributed by atoms with Crippen LogP contribution in [-0.2, 0) is 6.42 Å². The van der Waals surface area contributed by atoms with Crippen LogP contribution < -0.4 is 10.1 Å². The van der Waals surface area contributed by atoms with Crippen LogP contribution in [0.5, 0.6) is 5.75 Å². The summed E-state index contributed by atoms with van der Waals surface area (Å²) in [5, 5.41) is 13.4. The van der Waals surface area contributed by atoms with Gasteiger partial charge in [-0.05, 0) is 30.5 Å². The maximum atomic E-state index is 13.4. The van der Waals surface area contributed by atoms with E-state index in [4.69, 9.17) is 4.74 Å².